The van der Waals surface area contributed by atoms with Gasteiger partial charge in [0.25, 0.3) is 11.5 Å². The molecule has 0 saturated carbocycles. The van der Waals surface area contributed by atoms with Crippen LogP contribution < -0.4 is 10.5 Å². The molecule has 1 aliphatic carbocycles. The van der Waals surface area contributed by atoms with Crippen LogP contribution in [0.4, 0.5) is 5.69 Å². The molecule has 4 aromatic rings. The van der Waals surface area contributed by atoms with Crippen LogP contribution >= 0.6 is 22.6 Å². The van der Waals surface area contributed by atoms with Crippen LogP contribution in [-0.2, 0) is 12.8 Å². The van der Waals surface area contributed by atoms with Crippen LogP contribution in [0.25, 0.3) is 10.9 Å². The summed E-state index contributed by atoms with van der Waals surface area (Å²) >= 11 is 2.30. The highest BCUT2D eigenvalue weighted by atomic mass is 127. The average molecular weight is 576 g/mol. The first-order valence-corrected chi connectivity index (χ1v) is 12.9. The van der Waals surface area contributed by atoms with Crippen molar-refractivity contribution in [2.24, 2.45) is 5.92 Å². The fourth-order valence-electron chi connectivity index (χ4n) is 5.02. The average Bonchev–Trinajstić information content (AvgIpc) is 3.25. The lowest BCUT2D eigenvalue weighted by atomic mass is 10.0. The minimum atomic E-state index is -0.557. The van der Waals surface area contributed by atoms with Crippen molar-refractivity contribution >= 4 is 51.0 Å². The largest absolute Gasteiger partial charge is 0.308 e. The van der Waals surface area contributed by atoms with E-state index in [9.17, 15) is 14.4 Å². The number of fused-ring (bicyclic) bond motifs is 2. The number of aromatic nitrogens is 1. The minimum absolute atomic E-state index is 0.00650. The Bertz CT molecular complexity index is 1490. The molecule has 0 N–H and O–H groups in total. The third kappa shape index (κ3) is 4.55. The minimum Gasteiger partial charge on any atom is -0.308 e. The number of nitrogens with zero attached hydrogens (tertiary/aromatic N) is 2. The maximum Gasteiger partial charge on any atom is 0.270 e. The zero-order chi connectivity index (χ0) is 24.5. The number of benzene rings is 3. The molecule has 1 amide bonds. The summed E-state index contributed by atoms with van der Waals surface area (Å²) in [6.45, 7) is 2.27. The molecule has 1 unspecified atom stereocenters. The van der Waals surface area contributed by atoms with E-state index >= 15 is 0 Å². The maximum absolute atomic E-state index is 13.6. The van der Waals surface area contributed by atoms with E-state index in [4.69, 9.17) is 0 Å². The molecule has 176 valence electrons. The van der Waals surface area contributed by atoms with Gasteiger partial charge in [0.05, 0.1) is 5.52 Å². The van der Waals surface area contributed by atoms with Gasteiger partial charge < -0.3 is 4.90 Å². The predicted molar refractivity (Wildman–Crippen MR) is 147 cm³/mol. The Labute approximate surface area is 217 Å². The van der Waals surface area contributed by atoms with Crippen LogP contribution in [0.15, 0.2) is 83.7 Å². The lowest BCUT2D eigenvalue weighted by Crippen LogP contribution is -2.38. The van der Waals surface area contributed by atoms with Crippen molar-refractivity contribution in [1.29, 1.82) is 0 Å². The van der Waals surface area contributed by atoms with Gasteiger partial charge in [0.2, 0.25) is 5.91 Å². The smallest absolute Gasteiger partial charge is 0.270 e. The molecule has 3 aromatic carbocycles. The summed E-state index contributed by atoms with van der Waals surface area (Å²) in [5.41, 5.74) is 3.24. The normalized spacial score (nSPS) is 14.6. The Morgan fingerprint density at radius 3 is 2.43 bits per heavy atom. The van der Waals surface area contributed by atoms with E-state index in [1.165, 1.54) is 19.3 Å². The summed E-state index contributed by atoms with van der Waals surface area (Å²) < 4.78 is 2.40. The first-order valence-electron chi connectivity index (χ1n) is 11.8. The molecule has 0 fully saturated rings. The summed E-state index contributed by atoms with van der Waals surface area (Å²) in [7, 11) is 0. The number of anilines is 1. The van der Waals surface area contributed by atoms with Crippen molar-refractivity contribution in [2.75, 3.05) is 11.4 Å². The SMILES string of the molecule is CCN(C(=O)c1cc2ccccc2n(C(=O)CC2Cc3ccc(I)cc3C2)c1=O)c1ccccc1. The van der Waals surface area contributed by atoms with Crippen LogP contribution in [0.1, 0.15) is 39.6 Å². The number of hydrogen-bond donors (Lipinski definition) is 0. The first-order chi connectivity index (χ1) is 17.0. The Morgan fingerprint density at radius 2 is 1.66 bits per heavy atom. The molecule has 6 heteroatoms. The van der Waals surface area contributed by atoms with E-state index in [1.807, 2.05) is 55.5 Å². The number of hydrogen-bond acceptors (Lipinski definition) is 3. The molecule has 0 bridgehead atoms. The summed E-state index contributed by atoms with van der Waals surface area (Å²) in [5, 5.41) is 0.692. The number of rotatable bonds is 5. The van der Waals surface area contributed by atoms with Gasteiger partial charge in [-0.2, -0.15) is 0 Å². The predicted octanol–water partition coefficient (Wildman–Crippen LogP) is 5.72. The van der Waals surface area contributed by atoms with Gasteiger partial charge in [0.1, 0.15) is 5.56 Å². The zero-order valence-electron chi connectivity index (χ0n) is 19.4. The molecule has 1 aliphatic rings. The quantitative estimate of drug-likeness (QED) is 0.286. The van der Waals surface area contributed by atoms with Crippen molar-refractivity contribution in [3.8, 4) is 0 Å². The Kier molecular flexibility index (Phi) is 6.56. The Morgan fingerprint density at radius 1 is 0.943 bits per heavy atom. The van der Waals surface area contributed by atoms with E-state index in [0.717, 1.165) is 12.8 Å². The first kappa shape index (κ1) is 23.5. The van der Waals surface area contributed by atoms with Gasteiger partial charge in [-0.25, -0.2) is 4.57 Å². The number of amides is 1. The highest BCUT2D eigenvalue weighted by Crippen LogP contribution is 2.30. The molecule has 35 heavy (non-hydrogen) atoms. The van der Waals surface area contributed by atoms with Crippen molar-refractivity contribution in [3.05, 3.63) is 109 Å². The fraction of sp³-hybridized carbons (Fsp3) is 0.207. The van der Waals surface area contributed by atoms with E-state index in [2.05, 4.69) is 40.8 Å². The standard InChI is InChI=1S/C29H25IN2O3/c1-2-31(24-9-4-3-5-10-24)28(34)25-18-21-8-6-7-11-26(21)32(29(25)35)27(33)16-19-14-20-12-13-23(30)17-22(20)15-19/h3-13,17-19H,2,14-16H2,1H3. The number of carbonyl (C=O) groups is 2. The Hall–Kier alpha value is -3.26. The van der Waals surface area contributed by atoms with Crippen LogP contribution in [-0.4, -0.2) is 22.9 Å². The monoisotopic (exact) mass is 576 g/mol. The fourth-order valence-corrected chi connectivity index (χ4v) is 5.57. The van der Waals surface area contributed by atoms with Crippen molar-refractivity contribution in [3.63, 3.8) is 0 Å². The molecule has 5 rings (SSSR count). The zero-order valence-corrected chi connectivity index (χ0v) is 21.6. The molecule has 1 aromatic heterocycles. The number of pyridine rings is 1. The van der Waals surface area contributed by atoms with Gasteiger partial charge in [-0.3, -0.25) is 14.4 Å². The second-order valence-electron chi connectivity index (χ2n) is 8.93. The van der Waals surface area contributed by atoms with E-state index in [1.54, 1.807) is 17.0 Å². The molecular weight excluding hydrogens is 551 g/mol. The second-order valence-corrected chi connectivity index (χ2v) is 10.2. The van der Waals surface area contributed by atoms with Crippen molar-refractivity contribution in [1.82, 2.24) is 4.57 Å². The number of para-hydroxylation sites is 2. The van der Waals surface area contributed by atoms with E-state index < -0.39 is 11.5 Å². The highest BCUT2D eigenvalue weighted by Gasteiger charge is 2.28. The van der Waals surface area contributed by atoms with Gasteiger partial charge >= 0.3 is 0 Å². The molecule has 0 aliphatic heterocycles. The lowest BCUT2D eigenvalue weighted by molar-refractivity contribution is 0.0882. The third-order valence-electron chi connectivity index (χ3n) is 6.67. The van der Waals surface area contributed by atoms with Gasteiger partial charge in [-0.1, -0.05) is 42.5 Å². The van der Waals surface area contributed by atoms with Gasteiger partial charge in [0, 0.05) is 22.2 Å². The number of carbonyl (C=O) groups excluding carboxylic acids is 2. The summed E-state index contributed by atoms with van der Waals surface area (Å²) in [6.07, 6.45) is 1.89. The number of halogens is 1. The van der Waals surface area contributed by atoms with Crippen molar-refractivity contribution in [2.45, 2.75) is 26.2 Å². The van der Waals surface area contributed by atoms with Crippen LogP contribution in [0.3, 0.4) is 0 Å². The van der Waals surface area contributed by atoms with Gasteiger partial charge in [-0.05, 0) is 101 Å². The van der Waals surface area contributed by atoms with Crippen LogP contribution in [0.5, 0.6) is 0 Å². The lowest BCUT2D eigenvalue weighted by Gasteiger charge is -2.22. The van der Waals surface area contributed by atoms with Crippen LogP contribution in [0.2, 0.25) is 0 Å². The molecule has 5 nitrogen and oxygen atoms in total. The van der Waals surface area contributed by atoms with Crippen LogP contribution in [0, 0.1) is 9.49 Å². The van der Waals surface area contributed by atoms with E-state index in [-0.39, 0.29) is 23.8 Å². The maximum atomic E-state index is 13.6. The molecular formula is C29H25IN2O3. The topological polar surface area (TPSA) is 59.4 Å². The van der Waals surface area contributed by atoms with Gasteiger partial charge in [-0.15, -0.1) is 0 Å². The molecule has 1 atom stereocenters. The summed E-state index contributed by atoms with van der Waals surface area (Å²) in [6, 6.07) is 24.5. The Balaban J connectivity index is 1.52. The van der Waals surface area contributed by atoms with E-state index in [0.29, 0.717) is 23.1 Å². The summed E-state index contributed by atoms with van der Waals surface area (Å²) in [4.78, 5) is 42.3. The highest BCUT2D eigenvalue weighted by molar-refractivity contribution is 14.1. The molecule has 0 radical (unpaired) electrons. The van der Waals surface area contributed by atoms with Crippen molar-refractivity contribution < 1.29 is 9.59 Å². The van der Waals surface area contributed by atoms with Gasteiger partial charge in [0.15, 0.2) is 0 Å². The molecule has 0 spiro atoms. The third-order valence-corrected chi connectivity index (χ3v) is 7.34. The summed E-state index contributed by atoms with van der Waals surface area (Å²) in [5.74, 6) is -0.535. The second kappa shape index (κ2) is 9.77. The molecule has 1 heterocycles. The molecule has 0 saturated heterocycles.